The van der Waals surface area contributed by atoms with Crippen LogP contribution in [0.25, 0.3) is 0 Å². The lowest BCUT2D eigenvalue weighted by Gasteiger charge is -2.16. The zero-order valence-electron chi connectivity index (χ0n) is 12.7. The molecular formula is C16H21N3O2. The van der Waals surface area contributed by atoms with E-state index < -0.39 is 0 Å². The van der Waals surface area contributed by atoms with Gasteiger partial charge in [-0.1, -0.05) is 30.3 Å². The molecule has 0 spiro atoms. The molecule has 5 nitrogen and oxygen atoms in total. The average molecular weight is 287 g/mol. The van der Waals surface area contributed by atoms with Gasteiger partial charge in [-0.25, -0.2) is 9.97 Å². The quantitative estimate of drug-likeness (QED) is 0.846. The monoisotopic (exact) mass is 287 g/mol. The van der Waals surface area contributed by atoms with Gasteiger partial charge in [0.2, 0.25) is 11.8 Å². The molecule has 0 aliphatic heterocycles. The number of nitrogens with zero attached hydrogens (tertiary/aromatic N) is 2. The lowest BCUT2D eigenvalue weighted by molar-refractivity contribution is 0.357. The van der Waals surface area contributed by atoms with Gasteiger partial charge in [0.1, 0.15) is 6.33 Å². The van der Waals surface area contributed by atoms with Crippen molar-refractivity contribution in [3.63, 3.8) is 0 Å². The Morgan fingerprint density at radius 1 is 1.05 bits per heavy atom. The Hall–Kier alpha value is -2.14. The summed E-state index contributed by atoms with van der Waals surface area (Å²) in [5, 5.41) is 3.46. The van der Waals surface area contributed by atoms with E-state index >= 15 is 0 Å². The Bertz CT molecular complexity index is 538. The number of aromatic nitrogens is 2. The number of ether oxygens (including phenoxy) is 2. The van der Waals surface area contributed by atoms with Crippen molar-refractivity contribution in [1.82, 2.24) is 15.3 Å². The summed E-state index contributed by atoms with van der Waals surface area (Å²) in [6, 6.07) is 10.7. The largest absolute Gasteiger partial charge is 0.481 e. The second-order valence-corrected chi connectivity index (χ2v) is 4.84. The fraction of sp³-hybridized carbons (Fsp3) is 0.375. The third kappa shape index (κ3) is 4.16. The van der Waals surface area contributed by atoms with Gasteiger partial charge >= 0.3 is 0 Å². The summed E-state index contributed by atoms with van der Waals surface area (Å²) >= 11 is 0. The summed E-state index contributed by atoms with van der Waals surface area (Å²) in [5.74, 6) is 1.09. The van der Waals surface area contributed by atoms with Crippen LogP contribution in [0.4, 0.5) is 0 Å². The SMILES string of the molecule is COc1ncnc(OC)c1CNC(C)Cc1ccccc1. The molecule has 0 aliphatic carbocycles. The normalized spacial score (nSPS) is 12.0. The van der Waals surface area contributed by atoms with Crippen LogP contribution in [0.5, 0.6) is 11.8 Å². The lowest BCUT2D eigenvalue weighted by Crippen LogP contribution is -2.28. The minimum absolute atomic E-state index is 0.321. The molecule has 1 aromatic carbocycles. The maximum absolute atomic E-state index is 5.27. The minimum atomic E-state index is 0.321. The summed E-state index contributed by atoms with van der Waals surface area (Å²) in [5.41, 5.74) is 2.14. The summed E-state index contributed by atoms with van der Waals surface area (Å²) in [6.07, 6.45) is 2.40. The number of hydrogen-bond acceptors (Lipinski definition) is 5. The van der Waals surface area contributed by atoms with E-state index in [-0.39, 0.29) is 0 Å². The first-order valence-electron chi connectivity index (χ1n) is 6.93. The van der Waals surface area contributed by atoms with Gasteiger partial charge in [0.15, 0.2) is 0 Å². The van der Waals surface area contributed by atoms with Crippen molar-refractivity contribution in [1.29, 1.82) is 0 Å². The molecular weight excluding hydrogens is 266 g/mol. The molecule has 112 valence electrons. The van der Waals surface area contributed by atoms with Gasteiger partial charge in [-0.15, -0.1) is 0 Å². The highest BCUT2D eigenvalue weighted by atomic mass is 16.5. The van der Waals surface area contributed by atoms with Crippen LogP contribution in [-0.4, -0.2) is 30.2 Å². The number of nitrogens with one attached hydrogen (secondary N) is 1. The van der Waals surface area contributed by atoms with Crippen molar-refractivity contribution >= 4 is 0 Å². The molecule has 0 saturated carbocycles. The second kappa shape index (κ2) is 7.59. The van der Waals surface area contributed by atoms with Gasteiger partial charge in [-0.3, -0.25) is 0 Å². The fourth-order valence-electron chi connectivity index (χ4n) is 2.20. The molecule has 1 atom stereocenters. The number of hydrogen-bond donors (Lipinski definition) is 1. The molecule has 0 amide bonds. The number of rotatable bonds is 7. The van der Waals surface area contributed by atoms with Crippen LogP contribution < -0.4 is 14.8 Å². The van der Waals surface area contributed by atoms with E-state index in [1.54, 1.807) is 14.2 Å². The molecule has 0 fully saturated rings. The zero-order chi connectivity index (χ0) is 15.1. The summed E-state index contributed by atoms with van der Waals surface area (Å²) in [7, 11) is 3.19. The van der Waals surface area contributed by atoms with E-state index in [2.05, 4.69) is 46.5 Å². The molecule has 1 heterocycles. The highest BCUT2D eigenvalue weighted by Crippen LogP contribution is 2.23. The Morgan fingerprint density at radius 3 is 2.24 bits per heavy atom. The molecule has 1 N–H and O–H groups in total. The maximum Gasteiger partial charge on any atom is 0.224 e. The molecule has 0 aliphatic rings. The van der Waals surface area contributed by atoms with Crippen molar-refractivity contribution in [3.05, 3.63) is 47.8 Å². The van der Waals surface area contributed by atoms with E-state index in [1.165, 1.54) is 11.9 Å². The summed E-state index contributed by atoms with van der Waals surface area (Å²) < 4.78 is 10.5. The van der Waals surface area contributed by atoms with Crippen LogP contribution >= 0.6 is 0 Å². The van der Waals surface area contributed by atoms with Crippen LogP contribution in [0.15, 0.2) is 36.7 Å². The van der Waals surface area contributed by atoms with Crippen molar-refractivity contribution < 1.29 is 9.47 Å². The first-order chi connectivity index (χ1) is 10.2. The van der Waals surface area contributed by atoms with E-state index in [0.717, 1.165) is 12.0 Å². The van der Waals surface area contributed by atoms with E-state index in [9.17, 15) is 0 Å². The van der Waals surface area contributed by atoms with Crippen LogP contribution in [0.1, 0.15) is 18.1 Å². The predicted molar refractivity (Wildman–Crippen MR) is 81.6 cm³/mol. The van der Waals surface area contributed by atoms with Crippen molar-refractivity contribution in [2.45, 2.75) is 25.9 Å². The van der Waals surface area contributed by atoms with Gasteiger partial charge in [0, 0.05) is 12.6 Å². The van der Waals surface area contributed by atoms with E-state index in [0.29, 0.717) is 24.3 Å². The van der Waals surface area contributed by atoms with Crippen LogP contribution in [0, 0.1) is 0 Å². The maximum atomic E-state index is 5.27. The first kappa shape index (κ1) is 15.3. The minimum Gasteiger partial charge on any atom is -0.481 e. The Kier molecular flexibility index (Phi) is 5.51. The molecule has 0 radical (unpaired) electrons. The molecule has 21 heavy (non-hydrogen) atoms. The second-order valence-electron chi connectivity index (χ2n) is 4.84. The first-order valence-corrected chi connectivity index (χ1v) is 6.93. The third-order valence-corrected chi connectivity index (χ3v) is 3.27. The average Bonchev–Trinajstić information content (AvgIpc) is 2.53. The Morgan fingerprint density at radius 2 is 1.67 bits per heavy atom. The highest BCUT2D eigenvalue weighted by molar-refractivity contribution is 5.34. The number of methoxy groups -OCH3 is 2. The molecule has 0 bridgehead atoms. The third-order valence-electron chi connectivity index (χ3n) is 3.27. The summed E-state index contributed by atoms with van der Waals surface area (Å²) in [6.45, 7) is 2.75. The van der Waals surface area contributed by atoms with Crippen molar-refractivity contribution in [2.75, 3.05) is 14.2 Å². The molecule has 2 rings (SSSR count). The lowest BCUT2D eigenvalue weighted by atomic mass is 10.1. The molecule has 1 aromatic heterocycles. The van der Waals surface area contributed by atoms with Gasteiger partial charge in [-0.2, -0.15) is 0 Å². The van der Waals surface area contributed by atoms with Crippen LogP contribution in [0.2, 0.25) is 0 Å². The van der Waals surface area contributed by atoms with E-state index in [1.807, 2.05) is 6.07 Å². The highest BCUT2D eigenvalue weighted by Gasteiger charge is 2.13. The van der Waals surface area contributed by atoms with Gasteiger partial charge in [-0.05, 0) is 18.9 Å². The summed E-state index contributed by atoms with van der Waals surface area (Å²) in [4.78, 5) is 8.23. The van der Waals surface area contributed by atoms with Gasteiger partial charge in [0.05, 0.1) is 19.8 Å². The van der Waals surface area contributed by atoms with E-state index in [4.69, 9.17) is 9.47 Å². The molecule has 2 aromatic rings. The van der Waals surface area contributed by atoms with Crippen molar-refractivity contribution in [3.8, 4) is 11.8 Å². The standard InChI is InChI=1S/C16H21N3O2/c1-12(9-13-7-5-4-6-8-13)17-10-14-15(20-2)18-11-19-16(14)21-3/h4-8,11-12,17H,9-10H2,1-3H3. The smallest absolute Gasteiger partial charge is 0.224 e. The molecule has 1 unspecified atom stereocenters. The number of benzene rings is 1. The van der Waals surface area contributed by atoms with Crippen molar-refractivity contribution in [2.24, 2.45) is 0 Å². The Balaban J connectivity index is 1.99. The van der Waals surface area contributed by atoms with Crippen LogP contribution in [-0.2, 0) is 13.0 Å². The zero-order valence-corrected chi connectivity index (χ0v) is 12.7. The molecule has 5 heteroatoms. The van der Waals surface area contributed by atoms with Gasteiger partial charge < -0.3 is 14.8 Å². The fourth-order valence-corrected chi connectivity index (χ4v) is 2.20. The topological polar surface area (TPSA) is 56.3 Å². The van der Waals surface area contributed by atoms with Gasteiger partial charge in [0.25, 0.3) is 0 Å². The van der Waals surface area contributed by atoms with Crippen LogP contribution in [0.3, 0.4) is 0 Å². The Labute approximate surface area is 125 Å². The predicted octanol–water partition coefficient (Wildman–Crippen LogP) is 2.21. The molecule has 0 saturated heterocycles.